The van der Waals surface area contributed by atoms with Gasteiger partial charge in [-0.05, 0) is 72.9 Å². The third kappa shape index (κ3) is 2.78. The van der Waals surface area contributed by atoms with Crippen LogP contribution in [-0.4, -0.2) is 11.6 Å². The molecule has 0 radical (unpaired) electrons. The maximum atomic E-state index is 3.74. The summed E-state index contributed by atoms with van der Waals surface area (Å²) in [5.41, 5.74) is 13.2. The zero-order valence-electron chi connectivity index (χ0n) is 20.9. The highest BCUT2D eigenvalue weighted by Crippen LogP contribution is 2.52. The minimum Gasteiger partial charge on any atom is -0.350 e. The third-order valence-corrected chi connectivity index (χ3v) is 8.00. The zero-order chi connectivity index (χ0) is 23.3. The number of nitrogens with zero attached hydrogens (tertiary/aromatic N) is 3. The molecule has 0 fully saturated rings. The molecule has 1 aliphatic heterocycles. The Morgan fingerprint density at radius 1 is 0.879 bits per heavy atom. The monoisotopic (exact) mass is 435 g/mol. The van der Waals surface area contributed by atoms with E-state index in [0.717, 1.165) is 0 Å². The summed E-state index contributed by atoms with van der Waals surface area (Å²) in [6, 6.07) is 18.1. The lowest BCUT2D eigenvalue weighted by Gasteiger charge is -2.45. The first-order valence-corrected chi connectivity index (χ1v) is 12.1. The molecular formula is C30H33N3. The molecule has 4 aromatic rings. The van der Waals surface area contributed by atoms with Gasteiger partial charge >= 0.3 is 0 Å². The molecule has 3 aromatic carbocycles. The van der Waals surface area contributed by atoms with E-state index in [9.17, 15) is 0 Å². The van der Waals surface area contributed by atoms with E-state index < -0.39 is 0 Å². The third-order valence-electron chi connectivity index (χ3n) is 8.00. The fraction of sp³-hybridized carbons (Fsp3) is 0.367. The molecule has 0 bridgehead atoms. The van der Waals surface area contributed by atoms with Crippen molar-refractivity contribution in [2.24, 2.45) is 0 Å². The van der Waals surface area contributed by atoms with Crippen LogP contribution in [0.4, 0.5) is 11.4 Å². The number of fused-ring (bicyclic) bond motifs is 4. The van der Waals surface area contributed by atoms with Crippen molar-refractivity contribution < 1.29 is 4.57 Å². The Balaban J connectivity index is 1.70. The molecule has 6 rings (SSSR count). The minimum atomic E-state index is 0.132. The first-order valence-electron chi connectivity index (χ1n) is 12.1. The van der Waals surface area contributed by atoms with Crippen molar-refractivity contribution in [3.05, 3.63) is 77.1 Å². The van der Waals surface area contributed by atoms with Crippen molar-refractivity contribution in [1.82, 2.24) is 4.57 Å². The lowest BCUT2D eigenvalue weighted by Crippen LogP contribution is -2.41. The van der Waals surface area contributed by atoms with Gasteiger partial charge in [0.15, 0.2) is 0 Å². The van der Waals surface area contributed by atoms with Crippen LogP contribution in [0.15, 0.2) is 48.5 Å². The Labute approximate surface area is 197 Å². The van der Waals surface area contributed by atoms with Crippen LogP contribution in [0.2, 0.25) is 0 Å². The molecule has 33 heavy (non-hydrogen) atoms. The number of benzene rings is 3. The van der Waals surface area contributed by atoms with Crippen LogP contribution < -0.4 is 9.47 Å². The lowest BCUT2D eigenvalue weighted by atomic mass is 9.62. The second-order valence-electron chi connectivity index (χ2n) is 11.4. The standard InChI is InChI=1S/C30H33N3/c1-19-15-20(2)17-21(16-19)32-18-33-25-12-11-22-26(30(5,6)14-13-29(22,3)4)28(25)31(7)23-9-8-10-24(32)27(23)33/h8-12,15-17H,13-14H2,1-7H3. The summed E-state index contributed by atoms with van der Waals surface area (Å²) in [6.45, 7) is 14.0. The van der Waals surface area contributed by atoms with Gasteiger partial charge in [-0.1, -0.05) is 63.1 Å². The van der Waals surface area contributed by atoms with Gasteiger partial charge in [-0.2, -0.15) is 0 Å². The molecule has 1 aliphatic carbocycles. The summed E-state index contributed by atoms with van der Waals surface area (Å²) in [5.74, 6) is 0. The van der Waals surface area contributed by atoms with Crippen LogP contribution in [0, 0.1) is 20.2 Å². The molecule has 3 nitrogen and oxygen atoms in total. The topological polar surface area (TPSA) is 12.0 Å². The predicted molar refractivity (Wildman–Crippen MR) is 136 cm³/mol. The molecule has 0 amide bonds. The summed E-state index contributed by atoms with van der Waals surface area (Å²) in [4.78, 5) is 2.43. The normalized spacial score (nSPS) is 17.7. The molecule has 0 N–H and O–H groups in total. The molecule has 0 atom stereocenters. The van der Waals surface area contributed by atoms with Crippen molar-refractivity contribution in [3.63, 3.8) is 0 Å². The average Bonchev–Trinajstić information content (AvgIpc) is 3.14. The Morgan fingerprint density at radius 3 is 2.30 bits per heavy atom. The molecule has 0 saturated heterocycles. The van der Waals surface area contributed by atoms with Gasteiger partial charge in [-0.3, -0.25) is 9.13 Å². The number of hydrogen-bond acceptors (Lipinski definition) is 1. The van der Waals surface area contributed by atoms with Crippen LogP contribution in [0.5, 0.6) is 0 Å². The average molecular weight is 436 g/mol. The van der Waals surface area contributed by atoms with Gasteiger partial charge in [0.25, 0.3) is 6.33 Å². The van der Waals surface area contributed by atoms with E-state index in [-0.39, 0.29) is 10.8 Å². The van der Waals surface area contributed by atoms with E-state index in [0.29, 0.717) is 0 Å². The first kappa shape index (κ1) is 20.5. The van der Waals surface area contributed by atoms with Crippen LogP contribution in [0.3, 0.4) is 0 Å². The molecule has 0 unspecified atom stereocenters. The highest BCUT2D eigenvalue weighted by molar-refractivity contribution is 5.94. The summed E-state index contributed by atoms with van der Waals surface area (Å²) < 4.78 is 4.53. The number of anilines is 2. The van der Waals surface area contributed by atoms with Crippen molar-refractivity contribution in [2.45, 2.75) is 65.2 Å². The number of hydrogen-bond donors (Lipinski definition) is 0. The number of aromatic nitrogens is 2. The number of rotatable bonds is 1. The summed E-state index contributed by atoms with van der Waals surface area (Å²) >= 11 is 0. The maximum absolute atomic E-state index is 3.74. The van der Waals surface area contributed by atoms with Gasteiger partial charge in [-0.25, -0.2) is 0 Å². The molecule has 168 valence electrons. The van der Waals surface area contributed by atoms with Crippen LogP contribution in [-0.2, 0) is 10.8 Å². The smallest absolute Gasteiger partial charge is 0.269 e. The first-order chi connectivity index (χ1) is 15.6. The van der Waals surface area contributed by atoms with Crippen molar-refractivity contribution in [2.75, 3.05) is 11.9 Å². The van der Waals surface area contributed by atoms with Gasteiger partial charge in [0.1, 0.15) is 5.52 Å². The van der Waals surface area contributed by atoms with Crippen molar-refractivity contribution in [1.29, 1.82) is 0 Å². The van der Waals surface area contributed by atoms with Crippen molar-refractivity contribution >= 4 is 22.4 Å². The predicted octanol–water partition coefficient (Wildman–Crippen LogP) is 6.75. The summed E-state index contributed by atoms with van der Waals surface area (Å²) in [5, 5.41) is 0. The molecule has 3 heteroatoms. The fourth-order valence-corrected chi connectivity index (χ4v) is 6.21. The molecule has 1 aromatic heterocycles. The molecule has 0 spiro atoms. The highest BCUT2D eigenvalue weighted by atomic mass is 15.2. The fourth-order valence-electron chi connectivity index (χ4n) is 6.21. The minimum absolute atomic E-state index is 0.132. The van der Waals surface area contributed by atoms with Crippen LogP contribution in [0.1, 0.15) is 62.8 Å². The number of para-hydroxylation sites is 1. The van der Waals surface area contributed by atoms with E-state index >= 15 is 0 Å². The van der Waals surface area contributed by atoms with E-state index in [1.54, 1.807) is 0 Å². The van der Waals surface area contributed by atoms with E-state index in [1.807, 2.05) is 0 Å². The van der Waals surface area contributed by atoms with Gasteiger partial charge in [0, 0.05) is 12.7 Å². The number of imidazole rings is 1. The molecule has 2 heterocycles. The van der Waals surface area contributed by atoms with Gasteiger partial charge < -0.3 is 4.90 Å². The van der Waals surface area contributed by atoms with Gasteiger partial charge in [0.2, 0.25) is 0 Å². The second kappa shape index (κ2) is 6.50. The lowest BCUT2D eigenvalue weighted by molar-refractivity contribution is -0.572. The van der Waals surface area contributed by atoms with Crippen LogP contribution in [0.25, 0.3) is 22.4 Å². The van der Waals surface area contributed by atoms with Gasteiger partial charge in [0.05, 0.1) is 22.6 Å². The Bertz CT molecular complexity index is 1430. The highest BCUT2D eigenvalue weighted by Gasteiger charge is 2.41. The van der Waals surface area contributed by atoms with E-state index in [4.69, 9.17) is 0 Å². The SMILES string of the molecule is Cc1cc(C)cc(-n2[c-][n+]3c4c(cccc42)N(C)c2c-3ccc3c2C(C)(C)CCC3(C)C)c1. The van der Waals surface area contributed by atoms with Gasteiger partial charge in [-0.15, -0.1) is 0 Å². The molecular weight excluding hydrogens is 402 g/mol. The maximum Gasteiger partial charge on any atom is 0.269 e. The zero-order valence-corrected chi connectivity index (χ0v) is 20.9. The molecule has 0 saturated carbocycles. The number of aryl methyl sites for hydroxylation is 2. The van der Waals surface area contributed by atoms with E-state index in [1.165, 1.54) is 68.9 Å². The summed E-state index contributed by atoms with van der Waals surface area (Å²) in [6.07, 6.45) is 6.16. The Kier molecular flexibility index (Phi) is 4.04. The Morgan fingerprint density at radius 2 is 1.58 bits per heavy atom. The quantitative estimate of drug-likeness (QED) is 0.238. The second-order valence-corrected chi connectivity index (χ2v) is 11.4. The largest absolute Gasteiger partial charge is 0.350 e. The summed E-state index contributed by atoms with van der Waals surface area (Å²) in [7, 11) is 2.24. The Hall–Kier alpha value is -3.07. The van der Waals surface area contributed by atoms with E-state index in [2.05, 4.69) is 117 Å². The van der Waals surface area contributed by atoms with Crippen molar-refractivity contribution in [3.8, 4) is 11.4 Å². The molecule has 2 aliphatic rings. The van der Waals surface area contributed by atoms with Crippen LogP contribution >= 0.6 is 0 Å².